The standard InChI is InChI=1S/C21H23BrN2O3/c1-24(9-8-14-13-23-18-7-5-4-6-16(14)18)21(25)11-15-10-19(26-2)20(27-3)12-17(15)22/h4-7,10,12-13,23H,8-9,11H2,1-3H3. The number of para-hydroxylation sites is 1. The molecule has 1 amide bonds. The van der Waals surface area contributed by atoms with Crippen molar-refractivity contribution < 1.29 is 14.3 Å². The third-order valence-corrected chi connectivity index (χ3v) is 5.45. The number of halogens is 1. The van der Waals surface area contributed by atoms with E-state index >= 15 is 0 Å². The van der Waals surface area contributed by atoms with Gasteiger partial charge in [0.15, 0.2) is 11.5 Å². The summed E-state index contributed by atoms with van der Waals surface area (Å²) in [6.07, 6.45) is 3.12. The van der Waals surface area contributed by atoms with Crippen molar-refractivity contribution in [2.45, 2.75) is 12.8 Å². The Morgan fingerprint density at radius 2 is 1.81 bits per heavy atom. The van der Waals surface area contributed by atoms with Crippen molar-refractivity contribution in [3.8, 4) is 11.5 Å². The number of rotatable bonds is 7. The summed E-state index contributed by atoms with van der Waals surface area (Å²) in [6, 6.07) is 11.9. The number of fused-ring (bicyclic) bond motifs is 1. The van der Waals surface area contributed by atoms with Gasteiger partial charge in [0.25, 0.3) is 0 Å². The predicted molar refractivity (Wildman–Crippen MR) is 111 cm³/mol. The number of likely N-dealkylation sites (N-methyl/N-ethyl adjacent to an activating group) is 1. The van der Waals surface area contributed by atoms with E-state index in [0.29, 0.717) is 24.5 Å². The molecule has 6 heteroatoms. The number of aromatic amines is 1. The van der Waals surface area contributed by atoms with E-state index in [9.17, 15) is 4.79 Å². The first kappa shape index (κ1) is 19.3. The maximum Gasteiger partial charge on any atom is 0.226 e. The smallest absolute Gasteiger partial charge is 0.226 e. The molecule has 0 aliphatic heterocycles. The van der Waals surface area contributed by atoms with Crippen LogP contribution in [0.4, 0.5) is 0 Å². The zero-order valence-corrected chi connectivity index (χ0v) is 17.3. The van der Waals surface area contributed by atoms with Gasteiger partial charge in [-0.05, 0) is 35.7 Å². The van der Waals surface area contributed by atoms with Crippen LogP contribution in [0.25, 0.3) is 10.9 Å². The number of hydrogen-bond acceptors (Lipinski definition) is 3. The Kier molecular flexibility index (Phi) is 6.06. The molecule has 1 aromatic heterocycles. The van der Waals surface area contributed by atoms with Gasteiger partial charge < -0.3 is 19.4 Å². The largest absolute Gasteiger partial charge is 0.493 e. The molecule has 1 heterocycles. The quantitative estimate of drug-likeness (QED) is 0.611. The first-order chi connectivity index (χ1) is 13.0. The third kappa shape index (κ3) is 4.27. The summed E-state index contributed by atoms with van der Waals surface area (Å²) in [5, 5.41) is 1.21. The van der Waals surface area contributed by atoms with Crippen LogP contribution in [0.2, 0.25) is 0 Å². The number of methoxy groups -OCH3 is 2. The van der Waals surface area contributed by atoms with E-state index < -0.39 is 0 Å². The van der Waals surface area contributed by atoms with Gasteiger partial charge in [-0.3, -0.25) is 4.79 Å². The zero-order valence-electron chi connectivity index (χ0n) is 15.7. The molecule has 2 aromatic carbocycles. The van der Waals surface area contributed by atoms with E-state index in [4.69, 9.17) is 9.47 Å². The maximum atomic E-state index is 12.7. The molecule has 0 bridgehead atoms. The normalized spacial score (nSPS) is 10.8. The number of nitrogens with one attached hydrogen (secondary N) is 1. The first-order valence-corrected chi connectivity index (χ1v) is 9.52. The third-order valence-electron chi connectivity index (χ3n) is 4.71. The van der Waals surface area contributed by atoms with Gasteiger partial charge in [0.1, 0.15) is 0 Å². The number of nitrogens with zero attached hydrogens (tertiary/aromatic N) is 1. The minimum atomic E-state index is 0.0581. The van der Waals surface area contributed by atoms with Crippen molar-refractivity contribution in [3.05, 3.63) is 58.2 Å². The minimum absolute atomic E-state index is 0.0581. The van der Waals surface area contributed by atoms with Crippen molar-refractivity contribution in [2.75, 3.05) is 27.8 Å². The molecule has 0 atom stereocenters. The highest BCUT2D eigenvalue weighted by molar-refractivity contribution is 9.10. The number of benzene rings is 2. The van der Waals surface area contributed by atoms with Gasteiger partial charge in [0.2, 0.25) is 5.91 Å². The van der Waals surface area contributed by atoms with E-state index in [2.05, 4.69) is 33.0 Å². The van der Waals surface area contributed by atoms with Crippen molar-refractivity contribution in [3.63, 3.8) is 0 Å². The monoisotopic (exact) mass is 430 g/mol. The number of ether oxygens (including phenoxy) is 2. The average Bonchev–Trinajstić information content (AvgIpc) is 3.10. The Labute approximate surface area is 167 Å². The minimum Gasteiger partial charge on any atom is -0.493 e. The molecular formula is C21H23BrN2O3. The molecule has 0 unspecified atom stereocenters. The lowest BCUT2D eigenvalue weighted by Crippen LogP contribution is -2.30. The first-order valence-electron chi connectivity index (χ1n) is 8.72. The summed E-state index contributed by atoms with van der Waals surface area (Å²) in [7, 11) is 5.02. The molecule has 0 saturated carbocycles. The number of amides is 1. The van der Waals surface area contributed by atoms with Gasteiger partial charge in [0, 0.05) is 35.2 Å². The summed E-state index contributed by atoms with van der Waals surface area (Å²) in [6.45, 7) is 0.658. The highest BCUT2D eigenvalue weighted by Crippen LogP contribution is 2.33. The van der Waals surface area contributed by atoms with E-state index in [0.717, 1.165) is 22.0 Å². The molecule has 142 valence electrons. The molecule has 0 saturated heterocycles. The highest BCUT2D eigenvalue weighted by atomic mass is 79.9. The van der Waals surface area contributed by atoms with E-state index in [1.165, 1.54) is 10.9 Å². The van der Waals surface area contributed by atoms with Crippen LogP contribution in [0.1, 0.15) is 11.1 Å². The lowest BCUT2D eigenvalue weighted by atomic mass is 10.1. The summed E-state index contributed by atoms with van der Waals surface area (Å²) >= 11 is 3.52. The number of aromatic nitrogens is 1. The summed E-state index contributed by atoms with van der Waals surface area (Å²) in [5.74, 6) is 1.31. The fourth-order valence-corrected chi connectivity index (χ4v) is 3.54. The molecule has 5 nitrogen and oxygen atoms in total. The molecule has 0 aliphatic carbocycles. The van der Waals surface area contributed by atoms with Crippen LogP contribution < -0.4 is 9.47 Å². The van der Waals surface area contributed by atoms with Crippen LogP contribution >= 0.6 is 15.9 Å². The number of carbonyl (C=O) groups is 1. The molecular weight excluding hydrogens is 408 g/mol. The molecule has 0 radical (unpaired) electrons. The second kappa shape index (κ2) is 8.48. The second-order valence-electron chi connectivity index (χ2n) is 6.40. The van der Waals surface area contributed by atoms with Gasteiger partial charge in [-0.15, -0.1) is 0 Å². The van der Waals surface area contributed by atoms with Crippen molar-refractivity contribution in [1.29, 1.82) is 0 Å². The lowest BCUT2D eigenvalue weighted by molar-refractivity contribution is -0.129. The molecule has 0 aliphatic rings. The van der Waals surface area contributed by atoms with Crippen LogP contribution in [0.5, 0.6) is 11.5 Å². The highest BCUT2D eigenvalue weighted by Gasteiger charge is 2.16. The Morgan fingerprint density at radius 1 is 1.11 bits per heavy atom. The average molecular weight is 431 g/mol. The van der Waals surface area contributed by atoms with Crippen LogP contribution in [0.15, 0.2) is 47.1 Å². The van der Waals surface area contributed by atoms with Crippen molar-refractivity contribution in [2.24, 2.45) is 0 Å². The van der Waals surface area contributed by atoms with Crippen LogP contribution in [0.3, 0.4) is 0 Å². The molecule has 1 N–H and O–H groups in total. The maximum absolute atomic E-state index is 12.7. The molecule has 0 spiro atoms. The van der Waals surface area contributed by atoms with Gasteiger partial charge >= 0.3 is 0 Å². The number of carbonyl (C=O) groups excluding carboxylic acids is 1. The van der Waals surface area contributed by atoms with Crippen molar-refractivity contribution in [1.82, 2.24) is 9.88 Å². The zero-order chi connectivity index (χ0) is 19.4. The van der Waals surface area contributed by atoms with Gasteiger partial charge in [-0.25, -0.2) is 0 Å². The molecule has 27 heavy (non-hydrogen) atoms. The Hall–Kier alpha value is -2.47. The Bertz CT molecular complexity index is 952. The molecule has 3 aromatic rings. The van der Waals surface area contributed by atoms with Crippen LogP contribution in [-0.2, 0) is 17.6 Å². The Balaban J connectivity index is 1.66. The van der Waals surface area contributed by atoms with E-state index in [-0.39, 0.29) is 5.91 Å². The van der Waals surface area contributed by atoms with Gasteiger partial charge in [0.05, 0.1) is 20.6 Å². The van der Waals surface area contributed by atoms with Gasteiger partial charge in [-0.2, -0.15) is 0 Å². The summed E-state index contributed by atoms with van der Waals surface area (Å²) in [5.41, 5.74) is 3.21. The van der Waals surface area contributed by atoms with Crippen LogP contribution in [0, 0.1) is 0 Å². The fraction of sp³-hybridized carbons (Fsp3) is 0.286. The Morgan fingerprint density at radius 3 is 2.56 bits per heavy atom. The topological polar surface area (TPSA) is 54.6 Å². The summed E-state index contributed by atoms with van der Waals surface area (Å²) in [4.78, 5) is 17.7. The van der Waals surface area contributed by atoms with E-state index in [1.54, 1.807) is 19.1 Å². The van der Waals surface area contributed by atoms with Crippen LogP contribution in [-0.4, -0.2) is 43.6 Å². The summed E-state index contributed by atoms with van der Waals surface area (Å²) < 4.78 is 11.5. The number of hydrogen-bond donors (Lipinski definition) is 1. The molecule has 0 fully saturated rings. The molecule has 3 rings (SSSR count). The lowest BCUT2D eigenvalue weighted by Gasteiger charge is -2.18. The SMILES string of the molecule is COc1cc(Br)c(CC(=O)N(C)CCc2c[nH]c3ccccc23)cc1OC. The second-order valence-corrected chi connectivity index (χ2v) is 7.25. The predicted octanol–water partition coefficient (Wildman–Crippen LogP) is 4.19. The number of H-pyrrole nitrogens is 1. The fourth-order valence-electron chi connectivity index (χ4n) is 3.08. The van der Waals surface area contributed by atoms with Crippen molar-refractivity contribution >= 4 is 32.7 Å². The van der Waals surface area contributed by atoms with E-state index in [1.807, 2.05) is 37.5 Å². The van der Waals surface area contributed by atoms with Gasteiger partial charge in [-0.1, -0.05) is 34.1 Å².